The molecule has 0 N–H and O–H groups in total. The summed E-state index contributed by atoms with van der Waals surface area (Å²) in [6.45, 7) is 0.886. The van der Waals surface area contributed by atoms with Crippen LogP contribution in [0.15, 0.2) is 67.0 Å². The Hall–Kier alpha value is -2.42. The van der Waals surface area contributed by atoms with Crippen LogP contribution in [-0.2, 0) is 13.0 Å². The summed E-state index contributed by atoms with van der Waals surface area (Å²) in [5.74, 6) is 0. The van der Waals surface area contributed by atoms with Gasteiger partial charge in [0.1, 0.15) is 5.69 Å². The second-order valence-electron chi connectivity index (χ2n) is 4.41. The predicted molar refractivity (Wildman–Crippen MR) is 75.6 cm³/mol. The molecule has 2 heterocycles. The van der Waals surface area contributed by atoms with Crippen molar-refractivity contribution < 1.29 is 0 Å². The van der Waals surface area contributed by atoms with Crippen LogP contribution in [0.5, 0.6) is 0 Å². The van der Waals surface area contributed by atoms with Crippen LogP contribution in [0.4, 0.5) is 0 Å². The lowest BCUT2D eigenvalue weighted by molar-refractivity contribution is 0.616. The maximum absolute atomic E-state index is 4.55. The molecule has 3 nitrogen and oxygen atoms in total. The first-order valence-electron chi connectivity index (χ1n) is 6.40. The van der Waals surface area contributed by atoms with Crippen molar-refractivity contribution >= 4 is 0 Å². The van der Waals surface area contributed by atoms with Gasteiger partial charge in [-0.05, 0) is 30.2 Å². The van der Waals surface area contributed by atoms with E-state index in [0.29, 0.717) is 0 Å². The van der Waals surface area contributed by atoms with Crippen molar-refractivity contribution in [3.05, 3.63) is 72.6 Å². The highest BCUT2D eigenvalue weighted by molar-refractivity contribution is 5.52. The van der Waals surface area contributed by atoms with Crippen molar-refractivity contribution in [3.63, 3.8) is 0 Å². The Bertz CT molecular complexity index is 629. The fourth-order valence-electron chi connectivity index (χ4n) is 2.03. The molecule has 0 bridgehead atoms. The first kappa shape index (κ1) is 11.7. The monoisotopic (exact) mass is 249 g/mol. The minimum absolute atomic E-state index is 0.886. The summed E-state index contributed by atoms with van der Waals surface area (Å²) in [6, 6.07) is 18.3. The van der Waals surface area contributed by atoms with Crippen LogP contribution >= 0.6 is 0 Å². The van der Waals surface area contributed by atoms with Crippen molar-refractivity contribution in [2.24, 2.45) is 0 Å². The fourth-order valence-corrected chi connectivity index (χ4v) is 2.03. The third kappa shape index (κ3) is 2.88. The Morgan fingerprint density at radius 3 is 2.47 bits per heavy atom. The molecule has 0 unspecified atom stereocenters. The molecular formula is C16H15N3. The van der Waals surface area contributed by atoms with E-state index in [1.54, 1.807) is 6.20 Å². The van der Waals surface area contributed by atoms with Gasteiger partial charge in [0.15, 0.2) is 0 Å². The van der Waals surface area contributed by atoms with Crippen LogP contribution < -0.4 is 0 Å². The molecule has 0 fully saturated rings. The lowest BCUT2D eigenvalue weighted by Crippen LogP contribution is -2.02. The van der Waals surface area contributed by atoms with Crippen LogP contribution in [0.2, 0.25) is 0 Å². The summed E-state index contributed by atoms with van der Waals surface area (Å²) in [7, 11) is 0. The van der Waals surface area contributed by atoms with Crippen LogP contribution in [0.25, 0.3) is 11.4 Å². The topological polar surface area (TPSA) is 30.7 Å². The molecular weight excluding hydrogens is 234 g/mol. The van der Waals surface area contributed by atoms with Gasteiger partial charge in [-0.2, -0.15) is 5.10 Å². The van der Waals surface area contributed by atoms with Gasteiger partial charge in [0, 0.05) is 18.9 Å². The summed E-state index contributed by atoms with van der Waals surface area (Å²) < 4.78 is 1.97. The normalized spacial score (nSPS) is 10.5. The molecule has 3 aromatic rings. The van der Waals surface area contributed by atoms with E-state index < -0.39 is 0 Å². The smallest absolute Gasteiger partial charge is 0.111 e. The zero-order chi connectivity index (χ0) is 12.9. The number of aromatic nitrogens is 3. The van der Waals surface area contributed by atoms with Gasteiger partial charge in [-0.3, -0.25) is 9.67 Å². The van der Waals surface area contributed by atoms with Gasteiger partial charge in [-0.15, -0.1) is 0 Å². The van der Waals surface area contributed by atoms with Crippen molar-refractivity contribution in [1.82, 2.24) is 14.8 Å². The summed E-state index contributed by atoms with van der Waals surface area (Å²) >= 11 is 0. The lowest BCUT2D eigenvalue weighted by atomic mass is 10.2. The van der Waals surface area contributed by atoms with Crippen molar-refractivity contribution in [3.8, 4) is 11.4 Å². The molecule has 19 heavy (non-hydrogen) atoms. The van der Waals surface area contributed by atoms with Gasteiger partial charge in [0.25, 0.3) is 0 Å². The van der Waals surface area contributed by atoms with Crippen LogP contribution in [0.1, 0.15) is 5.56 Å². The molecule has 0 amide bonds. The van der Waals surface area contributed by atoms with Crippen molar-refractivity contribution in [2.75, 3.05) is 0 Å². The zero-order valence-corrected chi connectivity index (χ0v) is 10.6. The lowest BCUT2D eigenvalue weighted by Gasteiger charge is -2.01. The van der Waals surface area contributed by atoms with E-state index in [0.717, 1.165) is 24.4 Å². The minimum atomic E-state index is 0.886. The largest absolute Gasteiger partial charge is 0.272 e. The van der Waals surface area contributed by atoms with Crippen LogP contribution in [0.3, 0.4) is 0 Å². The van der Waals surface area contributed by atoms with E-state index in [-0.39, 0.29) is 0 Å². The summed E-state index contributed by atoms with van der Waals surface area (Å²) in [6.07, 6.45) is 4.79. The molecule has 3 heteroatoms. The summed E-state index contributed by atoms with van der Waals surface area (Å²) in [4.78, 5) is 4.30. The predicted octanol–water partition coefficient (Wildman–Crippen LogP) is 3.19. The summed E-state index contributed by atoms with van der Waals surface area (Å²) in [5, 5.41) is 4.55. The Kier molecular flexibility index (Phi) is 3.36. The molecule has 0 aliphatic heterocycles. The molecule has 94 valence electrons. The Morgan fingerprint density at radius 2 is 1.68 bits per heavy atom. The molecule has 0 saturated carbocycles. The Balaban J connectivity index is 1.69. The number of pyridine rings is 1. The molecule has 0 aliphatic carbocycles. The number of benzene rings is 1. The highest BCUT2D eigenvalue weighted by atomic mass is 15.3. The van der Waals surface area contributed by atoms with Crippen molar-refractivity contribution in [1.29, 1.82) is 0 Å². The minimum Gasteiger partial charge on any atom is -0.272 e. The van der Waals surface area contributed by atoms with E-state index in [4.69, 9.17) is 0 Å². The third-order valence-corrected chi connectivity index (χ3v) is 3.04. The molecule has 0 spiro atoms. The quantitative estimate of drug-likeness (QED) is 0.711. The maximum atomic E-state index is 4.55. The van der Waals surface area contributed by atoms with E-state index in [1.165, 1.54) is 5.56 Å². The standard InChI is InChI=1S/C16H15N3/c1-2-6-14(7-3-1)9-12-19-13-10-16(18-19)15-8-4-5-11-17-15/h1-8,10-11,13H,9,12H2. The van der Waals surface area contributed by atoms with Gasteiger partial charge in [0.2, 0.25) is 0 Å². The molecule has 0 aliphatic rings. The van der Waals surface area contributed by atoms with E-state index in [9.17, 15) is 0 Å². The van der Waals surface area contributed by atoms with Gasteiger partial charge in [-0.25, -0.2) is 0 Å². The highest BCUT2D eigenvalue weighted by Gasteiger charge is 2.02. The van der Waals surface area contributed by atoms with Gasteiger partial charge >= 0.3 is 0 Å². The van der Waals surface area contributed by atoms with Gasteiger partial charge < -0.3 is 0 Å². The second-order valence-corrected chi connectivity index (χ2v) is 4.41. The van der Waals surface area contributed by atoms with Gasteiger partial charge in [0.05, 0.1) is 5.69 Å². The molecule has 0 radical (unpaired) electrons. The van der Waals surface area contributed by atoms with E-state index >= 15 is 0 Å². The molecule has 3 rings (SSSR count). The van der Waals surface area contributed by atoms with Crippen LogP contribution in [-0.4, -0.2) is 14.8 Å². The maximum Gasteiger partial charge on any atom is 0.111 e. The number of rotatable bonds is 4. The average molecular weight is 249 g/mol. The molecule has 0 saturated heterocycles. The first-order valence-corrected chi connectivity index (χ1v) is 6.40. The molecule has 0 atom stereocenters. The van der Waals surface area contributed by atoms with Crippen molar-refractivity contribution in [2.45, 2.75) is 13.0 Å². The first-order chi connectivity index (χ1) is 9.42. The molecule has 1 aromatic carbocycles. The number of nitrogens with zero attached hydrogens (tertiary/aromatic N) is 3. The average Bonchev–Trinajstić information content (AvgIpc) is 2.96. The number of hydrogen-bond donors (Lipinski definition) is 0. The fraction of sp³-hybridized carbons (Fsp3) is 0.125. The second kappa shape index (κ2) is 5.48. The van der Waals surface area contributed by atoms with E-state index in [1.807, 2.05) is 41.2 Å². The van der Waals surface area contributed by atoms with E-state index in [2.05, 4.69) is 34.3 Å². The third-order valence-electron chi connectivity index (χ3n) is 3.04. The number of aryl methyl sites for hydroxylation is 2. The van der Waals surface area contributed by atoms with Crippen LogP contribution in [0, 0.1) is 0 Å². The Labute approximate surface area is 112 Å². The molecule has 2 aromatic heterocycles. The SMILES string of the molecule is c1ccc(CCn2ccc(-c3ccccn3)n2)cc1. The highest BCUT2D eigenvalue weighted by Crippen LogP contribution is 2.13. The Morgan fingerprint density at radius 1 is 0.842 bits per heavy atom. The summed E-state index contributed by atoms with van der Waals surface area (Å²) in [5.41, 5.74) is 3.17. The zero-order valence-electron chi connectivity index (χ0n) is 10.6. The van der Waals surface area contributed by atoms with Gasteiger partial charge in [-0.1, -0.05) is 36.4 Å². The number of hydrogen-bond acceptors (Lipinski definition) is 2.